The van der Waals surface area contributed by atoms with Crippen LogP contribution in [0.3, 0.4) is 0 Å². The van der Waals surface area contributed by atoms with E-state index in [1.807, 2.05) is 35.2 Å². The Morgan fingerprint density at radius 3 is 2.33 bits per heavy atom. The third kappa shape index (κ3) is 2.94. The van der Waals surface area contributed by atoms with E-state index in [4.69, 9.17) is 12.2 Å². The molecule has 4 heteroatoms. The molecular formula is C14H18N2OS. The number of thiocarbonyl (C=S) groups is 1. The molecule has 0 bridgehead atoms. The van der Waals surface area contributed by atoms with Gasteiger partial charge in [-0.05, 0) is 6.54 Å². The molecule has 1 aromatic rings. The van der Waals surface area contributed by atoms with Gasteiger partial charge in [0, 0.05) is 31.7 Å². The summed E-state index contributed by atoms with van der Waals surface area (Å²) in [5.74, 6) is -0.0319. The fraction of sp³-hybridized carbons (Fsp3) is 0.429. The van der Waals surface area contributed by atoms with Crippen LogP contribution in [0.1, 0.15) is 17.3 Å². The average Bonchev–Trinajstić information content (AvgIpc) is 2.47. The minimum Gasteiger partial charge on any atom is -0.357 e. The van der Waals surface area contributed by atoms with E-state index in [0.29, 0.717) is 10.6 Å². The van der Waals surface area contributed by atoms with E-state index in [9.17, 15) is 4.79 Å². The molecule has 1 saturated heterocycles. The number of piperazine rings is 1. The van der Waals surface area contributed by atoms with Gasteiger partial charge in [0.05, 0.1) is 0 Å². The molecule has 0 aromatic heterocycles. The number of nitrogens with zero attached hydrogens (tertiary/aromatic N) is 2. The van der Waals surface area contributed by atoms with Crippen molar-refractivity contribution in [2.45, 2.75) is 6.92 Å². The summed E-state index contributed by atoms with van der Waals surface area (Å²) in [6, 6.07) is 9.27. The van der Waals surface area contributed by atoms with E-state index in [1.165, 1.54) is 0 Å². The summed E-state index contributed by atoms with van der Waals surface area (Å²) in [5.41, 5.74) is 0.681. The summed E-state index contributed by atoms with van der Waals surface area (Å²) in [5, 5.41) is 0. The van der Waals surface area contributed by atoms with E-state index >= 15 is 0 Å². The molecule has 0 aliphatic carbocycles. The van der Waals surface area contributed by atoms with Crippen LogP contribution in [0.5, 0.6) is 0 Å². The predicted molar refractivity (Wildman–Crippen MR) is 77.1 cm³/mol. The summed E-state index contributed by atoms with van der Waals surface area (Å²) in [7, 11) is 0. The molecule has 3 nitrogen and oxygen atoms in total. The second-order valence-electron chi connectivity index (χ2n) is 4.42. The van der Waals surface area contributed by atoms with Gasteiger partial charge in [0.15, 0.2) is 4.99 Å². The Morgan fingerprint density at radius 1 is 1.17 bits per heavy atom. The van der Waals surface area contributed by atoms with Crippen molar-refractivity contribution in [3.05, 3.63) is 35.9 Å². The molecule has 0 amide bonds. The second kappa shape index (κ2) is 6.07. The van der Waals surface area contributed by atoms with Gasteiger partial charge in [-0.15, -0.1) is 0 Å². The average molecular weight is 262 g/mol. The molecule has 0 atom stereocenters. The quantitative estimate of drug-likeness (QED) is 0.612. The summed E-state index contributed by atoms with van der Waals surface area (Å²) >= 11 is 5.31. The summed E-state index contributed by atoms with van der Waals surface area (Å²) < 4.78 is 0. The van der Waals surface area contributed by atoms with Crippen molar-refractivity contribution in [1.29, 1.82) is 0 Å². The van der Waals surface area contributed by atoms with Gasteiger partial charge in [-0.2, -0.15) is 0 Å². The molecule has 0 saturated carbocycles. The molecule has 0 unspecified atom stereocenters. The van der Waals surface area contributed by atoms with E-state index in [-0.39, 0.29) is 5.78 Å². The first-order valence-corrected chi connectivity index (χ1v) is 6.74. The summed E-state index contributed by atoms with van der Waals surface area (Å²) in [4.78, 5) is 17.0. The molecule has 1 aliphatic rings. The molecule has 96 valence electrons. The molecule has 1 fully saturated rings. The Kier molecular flexibility index (Phi) is 4.44. The largest absolute Gasteiger partial charge is 0.357 e. The number of rotatable bonds is 3. The fourth-order valence-corrected chi connectivity index (χ4v) is 2.42. The highest BCUT2D eigenvalue weighted by Crippen LogP contribution is 2.08. The third-order valence-electron chi connectivity index (χ3n) is 3.34. The molecule has 0 spiro atoms. The van der Waals surface area contributed by atoms with Crippen molar-refractivity contribution in [3.63, 3.8) is 0 Å². The van der Waals surface area contributed by atoms with Crippen LogP contribution in [0.4, 0.5) is 0 Å². The van der Waals surface area contributed by atoms with Crippen molar-refractivity contribution < 1.29 is 4.79 Å². The lowest BCUT2D eigenvalue weighted by Gasteiger charge is -2.35. The van der Waals surface area contributed by atoms with Gasteiger partial charge in [-0.1, -0.05) is 49.5 Å². The van der Waals surface area contributed by atoms with Gasteiger partial charge in [0.25, 0.3) is 0 Å². The Bertz CT molecular complexity index is 425. The molecular weight excluding hydrogens is 244 g/mol. The van der Waals surface area contributed by atoms with Gasteiger partial charge in [0.1, 0.15) is 0 Å². The lowest BCUT2D eigenvalue weighted by Crippen LogP contribution is -2.49. The summed E-state index contributed by atoms with van der Waals surface area (Å²) in [6.45, 7) is 6.89. The zero-order chi connectivity index (χ0) is 13.0. The minimum atomic E-state index is -0.0319. The van der Waals surface area contributed by atoms with Crippen LogP contribution in [0.2, 0.25) is 0 Å². The number of benzene rings is 1. The van der Waals surface area contributed by atoms with E-state index in [2.05, 4.69) is 11.8 Å². The van der Waals surface area contributed by atoms with Gasteiger partial charge in [-0.3, -0.25) is 4.79 Å². The lowest BCUT2D eigenvalue weighted by atomic mass is 10.1. The van der Waals surface area contributed by atoms with Gasteiger partial charge >= 0.3 is 0 Å². The molecule has 1 aromatic carbocycles. The van der Waals surface area contributed by atoms with Gasteiger partial charge < -0.3 is 9.80 Å². The number of carbonyl (C=O) groups excluding carboxylic acids is 1. The van der Waals surface area contributed by atoms with Crippen LogP contribution >= 0.6 is 12.2 Å². The first kappa shape index (κ1) is 13.2. The molecule has 1 aliphatic heterocycles. The van der Waals surface area contributed by atoms with Crippen LogP contribution in [0.25, 0.3) is 0 Å². The predicted octanol–water partition coefficient (Wildman–Crippen LogP) is 1.83. The van der Waals surface area contributed by atoms with Crippen LogP contribution in [-0.4, -0.2) is 53.3 Å². The van der Waals surface area contributed by atoms with Gasteiger partial charge in [-0.25, -0.2) is 0 Å². The van der Waals surface area contributed by atoms with E-state index in [0.717, 1.165) is 32.7 Å². The summed E-state index contributed by atoms with van der Waals surface area (Å²) in [6.07, 6.45) is 0. The Labute approximate surface area is 113 Å². The normalized spacial score (nSPS) is 16.6. The number of Topliss-reactive ketones (excluding diaryl/α,β-unsaturated/α-hetero) is 1. The number of likely N-dealkylation sites (N-methyl/N-ethyl adjacent to an activating group) is 1. The Balaban J connectivity index is 1.98. The molecule has 1 heterocycles. The fourth-order valence-electron chi connectivity index (χ4n) is 2.12. The zero-order valence-electron chi connectivity index (χ0n) is 10.6. The minimum absolute atomic E-state index is 0.0319. The molecule has 0 N–H and O–H groups in total. The smallest absolute Gasteiger partial charge is 0.220 e. The highest BCUT2D eigenvalue weighted by atomic mass is 32.1. The maximum absolute atomic E-state index is 12.2. The lowest BCUT2D eigenvalue weighted by molar-refractivity contribution is 0.104. The monoisotopic (exact) mass is 262 g/mol. The molecule has 2 rings (SSSR count). The maximum Gasteiger partial charge on any atom is 0.220 e. The van der Waals surface area contributed by atoms with E-state index in [1.54, 1.807) is 0 Å². The van der Waals surface area contributed by atoms with Crippen LogP contribution < -0.4 is 0 Å². The van der Waals surface area contributed by atoms with Crippen LogP contribution in [0.15, 0.2) is 30.3 Å². The number of ketones is 1. The molecule has 18 heavy (non-hydrogen) atoms. The Morgan fingerprint density at radius 2 is 1.78 bits per heavy atom. The third-order valence-corrected chi connectivity index (χ3v) is 3.78. The first-order chi connectivity index (χ1) is 8.72. The van der Waals surface area contributed by atoms with Crippen molar-refractivity contribution in [1.82, 2.24) is 9.80 Å². The topological polar surface area (TPSA) is 23.6 Å². The van der Waals surface area contributed by atoms with Crippen molar-refractivity contribution >= 4 is 23.0 Å². The zero-order valence-corrected chi connectivity index (χ0v) is 11.4. The van der Waals surface area contributed by atoms with Crippen LogP contribution in [0, 0.1) is 0 Å². The standard InChI is InChI=1S/C14H18N2OS/c1-2-15-8-10-16(11-9-15)14(18)13(17)12-6-4-3-5-7-12/h3-7H,2,8-11H2,1H3. The highest BCUT2D eigenvalue weighted by Gasteiger charge is 2.22. The number of hydrogen-bond donors (Lipinski definition) is 0. The van der Waals surface area contributed by atoms with Crippen molar-refractivity contribution in [2.24, 2.45) is 0 Å². The van der Waals surface area contributed by atoms with E-state index < -0.39 is 0 Å². The second-order valence-corrected chi connectivity index (χ2v) is 4.81. The van der Waals surface area contributed by atoms with Crippen molar-refractivity contribution in [3.8, 4) is 0 Å². The maximum atomic E-state index is 12.2. The molecule has 0 radical (unpaired) electrons. The Hall–Kier alpha value is -1.26. The van der Waals surface area contributed by atoms with Crippen molar-refractivity contribution in [2.75, 3.05) is 32.7 Å². The highest BCUT2D eigenvalue weighted by molar-refractivity contribution is 7.82. The number of hydrogen-bond acceptors (Lipinski definition) is 3. The number of carbonyl (C=O) groups is 1. The first-order valence-electron chi connectivity index (χ1n) is 6.33. The van der Waals surface area contributed by atoms with Gasteiger partial charge in [0.2, 0.25) is 5.78 Å². The van der Waals surface area contributed by atoms with Crippen LogP contribution in [-0.2, 0) is 0 Å². The SMILES string of the molecule is CCN1CCN(C(=S)C(=O)c2ccccc2)CC1.